The molecule has 1 aliphatic heterocycles. The molecule has 3 aromatic rings. The van der Waals surface area contributed by atoms with Crippen molar-refractivity contribution in [2.45, 2.75) is 122 Å². The number of ether oxygens (including phenoxy) is 3. The maximum Gasteiger partial charge on any atom is 0.185 e. The zero-order chi connectivity index (χ0) is 40.8. The number of rotatable bonds is 17. The van der Waals surface area contributed by atoms with Crippen molar-refractivity contribution in [3.63, 3.8) is 0 Å². The summed E-state index contributed by atoms with van der Waals surface area (Å²) in [6, 6.07) is 11.1. The zero-order valence-electron chi connectivity index (χ0n) is 34.3. The third-order valence-corrected chi connectivity index (χ3v) is 12.7. The molecule has 2 aliphatic carbocycles. The number of methoxy groups -OCH3 is 1. The summed E-state index contributed by atoms with van der Waals surface area (Å²) < 4.78 is 19.5. The predicted octanol–water partition coefficient (Wildman–Crippen LogP) is 7.05. The number of guanidine groups is 1. The van der Waals surface area contributed by atoms with Gasteiger partial charge >= 0.3 is 0 Å². The van der Waals surface area contributed by atoms with Crippen molar-refractivity contribution in [1.82, 2.24) is 0 Å². The van der Waals surface area contributed by atoms with Gasteiger partial charge in [0.15, 0.2) is 17.5 Å². The van der Waals surface area contributed by atoms with Crippen LogP contribution in [0.3, 0.4) is 0 Å². The van der Waals surface area contributed by atoms with Crippen molar-refractivity contribution in [2.24, 2.45) is 40.1 Å². The molecule has 3 aliphatic rings. The quantitative estimate of drug-likeness (QED) is 0.0551. The van der Waals surface area contributed by atoms with Crippen LogP contribution in [0.25, 0.3) is 11.1 Å². The van der Waals surface area contributed by atoms with E-state index >= 15 is 0 Å². The first-order valence-electron chi connectivity index (χ1n) is 21.2. The van der Waals surface area contributed by atoms with Crippen LogP contribution in [-0.4, -0.2) is 70.6 Å². The molecule has 7 unspecified atom stereocenters. The number of phenols is 2. The number of aliphatic imine (C=N–C) groups is 1. The van der Waals surface area contributed by atoms with Gasteiger partial charge in [-0.1, -0.05) is 33.3 Å². The van der Waals surface area contributed by atoms with E-state index in [9.17, 15) is 25.5 Å². The number of nitrogens with zero attached hydrogens (tertiary/aromatic N) is 1. The summed E-state index contributed by atoms with van der Waals surface area (Å²) in [5, 5.41) is 53.9. The van der Waals surface area contributed by atoms with Gasteiger partial charge in [-0.25, -0.2) is 0 Å². The summed E-state index contributed by atoms with van der Waals surface area (Å²) >= 11 is 0. The molecular formula is C46H65N3O8. The Morgan fingerprint density at radius 1 is 0.982 bits per heavy atom. The van der Waals surface area contributed by atoms with E-state index in [2.05, 4.69) is 31.8 Å². The van der Waals surface area contributed by atoms with E-state index in [1.54, 1.807) is 25.3 Å². The molecule has 312 valence electrons. The molecule has 0 spiro atoms. The second-order valence-corrected chi connectivity index (χ2v) is 17.0. The van der Waals surface area contributed by atoms with Crippen molar-refractivity contribution in [2.75, 3.05) is 26.9 Å². The SMILES string of the molecule is CCC(CCCO)CCC1Cc2cc(O)c(CC(C)C)cc2-c2c(OC)cc3c(c21)CC(O)C(c1ccc(O)c(OC2CCCC(CO)C2CCN=C(N)N)c1)O3. The van der Waals surface area contributed by atoms with Gasteiger partial charge in [0.25, 0.3) is 0 Å². The molecule has 11 heteroatoms. The van der Waals surface area contributed by atoms with Gasteiger partial charge in [-0.2, -0.15) is 0 Å². The van der Waals surface area contributed by atoms with E-state index in [1.165, 1.54) is 0 Å². The average Bonchev–Trinajstić information content (AvgIpc) is 3.18. The number of phenolic OH excluding ortho intramolecular Hbond substituents is 2. The van der Waals surface area contributed by atoms with E-state index in [0.717, 1.165) is 97.6 Å². The number of fused-ring (bicyclic) bond motifs is 5. The van der Waals surface area contributed by atoms with E-state index in [-0.39, 0.29) is 48.8 Å². The van der Waals surface area contributed by atoms with E-state index in [0.29, 0.717) is 59.8 Å². The molecule has 1 fully saturated rings. The number of aromatic hydroxyl groups is 2. The fourth-order valence-corrected chi connectivity index (χ4v) is 9.80. The van der Waals surface area contributed by atoms with Crippen molar-refractivity contribution in [1.29, 1.82) is 0 Å². The Labute approximate surface area is 338 Å². The number of benzene rings is 3. The molecule has 6 rings (SSSR count). The van der Waals surface area contributed by atoms with Gasteiger partial charge in [0, 0.05) is 49.3 Å². The number of hydrogen-bond donors (Lipinski definition) is 7. The highest BCUT2D eigenvalue weighted by Gasteiger charge is 2.39. The summed E-state index contributed by atoms with van der Waals surface area (Å²) in [5.41, 5.74) is 18.0. The lowest BCUT2D eigenvalue weighted by Gasteiger charge is -2.38. The Bertz CT molecular complexity index is 1860. The van der Waals surface area contributed by atoms with Gasteiger partial charge in [0.1, 0.15) is 29.5 Å². The molecule has 1 heterocycles. The number of aliphatic hydroxyl groups excluding tert-OH is 3. The minimum atomic E-state index is -0.889. The Hall–Kier alpha value is -4.19. The molecule has 0 amide bonds. The van der Waals surface area contributed by atoms with Crippen LogP contribution in [0.1, 0.15) is 118 Å². The van der Waals surface area contributed by atoms with Gasteiger partial charge in [0.2, 0.25) is 0 Å². The van der Waals surface area contributed by atoms with Crippen LogP contribution in [0.4, 0.5) is 0 Å². The Morgan fingerprint density at radius 2 is 1.79 bits per heavy atom. The van der Waals surface area contributed by atoms with Crippen LogP contribution in [0, 0.1) is 23.7 Å². The highest BCUT2D eigenvalue weighted by molar-refractivity contribution is 5.83. The predicted molar refractivity (Wildman–Crippen MR) is 223 cm³/mol. The van der Waals surface area contributed by atoms with Crippen LogP contribution in [0.15, 0.2) is 41.4 Å². The lowest BCUT2D eigenvalue weighted by atomic mass is 9.71. The van der Waals surface area contributed by atoms with Crippen LogP contribution in [-0.2, 0) is 19.3 Å². The van der Waals surface area contributed by atoms with Crippen molar-refractivity contribution in [3.8, 4) is 39.9 Å². The van der Waals surface area contributed by atoms with Crippen molar-refractivity contribution >= 4 is 5.96 Å². The van der Waals surface area contributed by atoms with Crippen molar-refractivity contribution < 1.29 is 39.7 Å². The molecule has 0 aromatic heterocycles. The largest absolute Gasteiger partial charge is 0.508 e. The average molecular weight is 788 g/mol. The molecule has 0 bridgehead atoms. The molecule has 9 N–H and O–H groups in total. The Morgan fingerprint density at radius 3 is 2.49 bits per heavy atom. The van der Waals surface area contributed by atoms with E-state index < -0.39 is 12.2 Å². The summed E-state index contributed by atoms with van der Waals surface area (Å²) in [6.45, 7) is 7.15. The maximum absolute atomic E-state index is 12.0. The van der Waals surface area contributed by atoms with Gasteiger partial charge < -0.3 is 51.2 Å². The normalized spacial score (nSPS) is 23.2. The second kappa shape index (κ2) is 19.0. The van der Waals surface area contributed by atoms with E-state index in [1.807, 2.05) is 12.1 Å². The van der Waals surface area contributed by atoms with Crippen LogP contribution in [0.2, 0.25) is 0 Å². The molecule has 1 saturated carbocycles. The maximum atomic E-state index is 12.0. The summed E-state index contributed by atoms with van der Waals surface area (Å²) in [7, 11) is 1.68. The highest BCUT2D eigenvalue weighted by atomic mass is 16.5. The first kappa shape index (κ1) is 42.4. The molecule has 11 nitrogen and oxygen atoms in total. The smallest absolute Gasteiger partial charge is 0.185 e. The minimum Gasteiger partial charge on any atom is -0.508 e. The Balaban J connectivity index is 1.35. The summed E-state index contributed by atoms with van der Waals surface area (Å²) in [4.78, 5) is 4.17. The lowest BCUT2D eigenvalue weighted by Crippen LogP contribution is -2.39. The lowest BCUT2D eigenvalue weighted by molar-refractivity contribution is 0.0169. The highest BCUT2D eigenvalue weighted by Crippen LogP contribution is 2.54. The molecular weight excluding hydrogens is 723 g/mol. The van der Waals surface area contributed by atoms with Crippen LogP contribution >= 0.6 is 0 Å². The van der Waals surface area contributed by atoms with Gasteiger partial charge in [-0.15, -0.1) is 0 Å². The number of hydrogen-bond acceptors (Lipinski definition) is 9. The molecule has 7 atom stereocenters. The molecule has 57 heavy (non-hydrogen) atoms. The second-order valence-electron chi connectivity index (χ2n) is 17.0. The number of nitrogens with two attached hydrogens (primary N) is 2. The third-order valence-electron chi connectivity index (χ3n) is 12.7. The first-order valence-corrected chi connectivity index (χ1v) is 21.2. The van der Waals surface area contributed by atoms with E-state index in [4.69, 9.17) is 25.7 Å². The van der Waals surface area contributed by atoms with Crippen molar-refractivity contribution in [3.05, 3.63) is 64.2 Å². The molecule has 0 saturated heterocycles. The van der Waals surface area contributed by atoms with Gasteiger partial charge in [-0.3, -0.25) is 4.99 Å². The summed E-state index contributed by atoms with van der Waals surface area (Å²) in [6.07, 6.45) is 7.83. The topological polar surface area (TPSA) is 193 Å². The first-order chi connectivity index (χ1) is 27.5. The fraction of sp³-hybridized carbons (Fsp3) is 0.587. The molecule has 0 radical (unpaired) electrons. The summed E-state index contributed by atoms with van der Waals surface area (Å²) in [5.74, 6) is 2.97. The standard InChI is InChI=1S/C46H65N3O8/c1-5-27(8-7-17-50)11-12-28-19-31-21-37(53)32(18-26(2)3)20-34(31)44-42(55-4)24-40-35(43(28)44)23-38(54)45(57-40)29-13-14-36(52)41(22-29)56-39-10-6-9-30(25-51)33(39)15-16-49-46(47)48/h13-14,20-22,24,26-28,30,33,38-39,45,50-54H,5-12,15-19,23,25H2,1-4H3,(H4,47,48,49). The van der Waals surface area contributed by atoms with Crippen LogP contribution in [0.5, 0.6) is 28.7 Å². The minimum absolute atomic E-state index is 0.0111. The fourth-order valence-electron chi connectivity index (χ4n) is 9.80. The van der Waals surface area contributed by atoms with Gasteiger partial charge in [-0.05, 0) is 140 Å². The van der Waals surface area contributed by atoms with Crippen LogP contribution < -0.4 is 25.7 Å². The monoisotopic (exact) mass is 787 g/mol. The number of aliphatic hydroxyl groups is 3. The third kappa shape index (κ3) is 9.58. The Kier molecular flexibility index (Phi) is 14.2. The molecule has 3 aromatic carbocycles. The zero-order valence-corrected chi connectivity index (χ0v) is 34.3. The van der Waals surface area contributed by atoms with Gasteiger partial charge in [0.05, 0.1) is 13.2 Å².